The quantitative estimate of drug-likeness (QED) is 0.731. The molecule has 82 valence electrons. The largest absolute Gasteiger partial charge is 0.478 e. The first-order chi connectivity index (χ1) is 7.15. The van der Waals surface area contributed by atoms with Gasteiger partial charge in [0.05, 0.1) is 17.4 Å². The van der Waals surface area contributed by atoms with Gasteiger partial charge in [-0.2, -0.15) is 0 Å². The minimum atomic E-state index is -0.967. The molecule has 2 N–H and O–H groups in total. The maximum absolute atomic E-state index is 10.8. The van der Waals surface area contributed by atoms with E-state index >= 15 is 0 Å². The Morgan fingerprint density at radius 3 is 2.80 bits per heavy atom. The number of carboxylic acids is 1. The van der Waals surface area contributed by atoms with E-state index in [2.05, 4.69) is 5.48 Å². The summed E-state index contributed by atoms with van der Waals surface area (Å²) in [6.07, 6.45) is 0.911. The monoisotopic (exact) mass is 209 g/mol. The lowest BCUT2D eigenvalue weighted by Gasteiger charge is -2.13. The highest BCUT2D eigenvalue weighted by Gasteiger charge is 2.09. The van der Waals surface area contributed by atoms with Crippen LogP contribution in [0.15, 0.2) is 24.3 Å². The van der Waals surface area contributed by atoms with Crippen LogP contribution in [0.2, 0.25) is 0 Å². The number of para-hydroxylation sites is 1. The molecule has 0 aliphatic rings. The van der Waals surface area contributed by atoms with E-state index in [1.165, 1.54) is 6.07 Å². The molecule has 0 heterocycles. The van der Waals surface area contributed by atoms with Crippen LogP contribution < -0.4 is 5.48 Å². The van der Waals surface area contributed by atoms with Crippen molar-refractivity contribution in [3.63, 3.8) is 0 Å². The van der Waals surface area contributed by atoms with Gasteiger partial charge in [0.15, 0.2) is 0 Å². The van der Waals surface area contributed by atoms with Gasteiger partial charge in [-0.3, -0.25) is 10.3 Å². The van der Waals surface area contributed by atoms with Gasteiger partial charge in [0, 0.05) is 0 Å². The Bertz CT molecular complexity index is 338. The van der Waals surface area contributed by atoms with Crippen LogP contribution in [0.4, 0.5) is 5.69 Å². The summed E-state index contributed by atoms with van der Waals surface area (Å²) in [6, 6.07) is 6.64. The number of rotatable bonds is 5. The van der Waals surface area contributed by atoms with Crippen molar-refractivity contribution in [2.75, 3.05) is 5.48 Å². The van der Waals surface area contributed by atoms with Crippen LogP contribution in [0.25, 0.3) is 0 Å². The van der Waals surface area contributed by atoms with E-state index in [1.807, 2.05) is 13.8 Å². The lowest BCUT2D eigenvalue weighted by atomic mass is 10.2. The highest BCUT2D eigenvalue weighted by atomic mass is 16.7. The van der Waals surface area contributed by atoms with Gasteiger partial charge in [-0.05, 0) is 25.5 Å². The Morgan fingerprint density at radius 1 is 1.53 bits per heavy atom. The molecule has 1 atom stereocenters. The van der Waals surface area contributed by atoms with E-state index in [4.69, 9.17) is 9.94 Å². The number of anilines is 1. The average molecular weight is 209 g/mol. The third-order valence-corrected chi connectivity index (χ3v) is 2.10. The van der Waals surface area contributed by atoms with Crippen LogP contribution in [-0.4, -0.2) is 17.2 Å². The molecule has 0 radical (unpaired) electrons. The highest BCUT2D eigenvalue weighted by molar-refractivity contribution is 5.93. The first-order valence-corrected chi connectivity index (χ1v) is 4.89. The third-order valence-electron chi connectivity index (χ3n) is 2.10. The van der Waals surface area contributed by atoms with Crippen LogP contribution in [0.5, 0.6) is 0 Å². The molecule has 0 aromatic heterocycles. The van der Waals surface area contributed by atoms with Crippen molar-refractivity contribution >= 4 is 11.7 Å². The van der Waals surface area contributed by atoms with Crippen LogP contribution in [0.3, 0.4) is 0 Å². The molecule has 0 aliphatic carbocycles. The topological polar surface area (TPSA) is 58.6 Å². The first kappa shape index (κ1) is 11.5. The first-order valence-electron chi connectivity index (χ1n) is 4.89. The molecule has 1 aromatic carbocycles. The molecule has 0 bridgehead atoms. The number of aromatic carboxylic acids is 1. The van der Waals surface area contributed by atoms with E-state index in [9.17, 15) is 4.79 Å². The van der Waals surface area contributed by atoms with Gasteiger partial charge in [-0.15, -0.1) is 0 Å². The van der Waals surface area contributed by atoms with Gasteiger partial charge in [0.2, 0.25) is 0 Å². The Balaban J connectivity index is 2.72. The molecule has 0 amide bonds. The molecule has 1 rings (SSSR count). The Kier molecular flexibility index (Phi) is 4.12. The second kappa shape index (κ2) is 5.36. The second-order valence-corrected chi connectivity index (χ2v) is 3.29. The zero-order valence-electron chi connectivity index (χ0n) is 8.86. The predicted molar refractivity (Wildman–Crippen MR) is 57.9 cm³/mol. The summed E-state index contributed by atoms with van der Waals surface area (Å²) in [5, 5.41) is 8.89. The predicted octanol–water partition coefficient (Wildman–Crippen LogP) is 2.53. The summed E-state index contributed by atoms with van der Waals surface area (Å²) in [7, 11) is 0. The van der Waals surface area contributed by atoms with Gasteiger partial charge in [0.1, 0.15) is 0 Å². The smallest absolute Gasteiger partial charge is 0.337 e. The standard InChI is InChI=1S/C11H15NO3/c1-3-8(2)15-12-10-7-5-4-6-9(10)11(13)14/h4-8,12H,3H2,1-2H3,(H,13,14). The third kappa shape index (κ3) is 3.25. The molecule has 0 aliphatic heterocycles. The van der Waals surface area contributed by atoms with Crippen molar-refractivity contribution in [2.45, 2.75) is 26.4 Å². The number of benzene rings is 1. The summed E-state index contributed by atoms with van der Waals surface area (Å²) in [6.45, 7) is 3.91. The normalized spacial score (nSPS) is 12.1. The fourth-order valence-electron chi connectivity index (χ4n) is 1.01. The molecule has 0 spiro atoms. The van der Waals surface area contributed by atoms with E-state index in [1.54, 1.807) is 18.2 Å². The Labute approximate surface area is 88.8 Å². The van der Waals surface area contributed by atoms with Crippen molar-refractivity contribution < 1.29 is 14.7 Å². The van der Waals surface area contributed by atoms with Crippen molar-refractivity contribution in [1.82, 2.24) is 0 Å². The van der Waals surface area contributed by atoms with Gasteiger partial charge >= 0.3 is 5.97 Å². The lowest BCUT2D eigenvalue weighted by Crippen LogP contribution is -2.14. The molecule has 0 saturated heterocycles. The van der Waals surface area contributed by atoms with Crippen LogP contribution >= 0.6 is 0 Å². The molecule has 4 nitrogen and oxygen atoms in total. The number of nitrogens with one attached hydrogen (secondary N) is 1. The average Bonchev–Trinajstić information content (AvgIpc) is 2.26. The summed E-state index contributed by atoms with van der Waals surface area (Å²) in [4.78, 5) is 16.1. The molecule has 0 fully saturated rings. The molecule has 1 unspecified atom stereocenters. The zero-order chi connectivity index (χ0) is 11.3. The number of carbonyl (C=O) groups is 1. The van der Waals surface area contributed by atoms with Crippen LogP contribution in [-0.2, 0) is 4.84 Å². The Morgan fingerprint density at radius 2 is 2.20 bits per heavy atom. The van der Waals surface area contributed by atoms with E-state index in [0.29, 0.717) is 5.69 Å². The fraction of sp³-hybridized carbons (Fsp3) is 0.364. The van der Waals surface area contributed by atoms with Gasteiger partial charge in [0.25, 0.3) is 0 Å². The minimum Gasteiger partial charge on any atom is -0.478 e. The molecule has 15 heavy (non-hydrogen) atoms. The van der Waals surface area contributed by atoms with Crippen LogP contribution in [0, 0.1) is 0 Å². The van der Waals surface area contributed by atoms with Gasteiger partial charge in [-0.25, -0.2) is 4.79 Å². The molecule has 1 aromatic rings. The highest BCUT2D eigenvalue weighted by Crippen LogP contribution is 2.15. The van der Waals surface area contributed by atoms with Crippen molar-refractivity contribution in [1.29, 1.82) is 0 Å². The molecular weight excluding hydrogens is 194 g/mol. The minimum absolute atomic E-state index is 0.0480. The van der Waals surface area contributed by atoms with Gasteiger partial charge < -0.3 is 5.11 Å². The Hall–Kier alpha value is -1.55. The summed E-state index contributed by atoms with van der Waals surface area (Å²) < 4.78 is 0. The van der Waals surface area contributed by atoms with Gasteiger partial charge in [-0.1, -0.05) is 19.1 Å². The molecule has 0 saturated carbocycles. The summed E-state index contributed by atoms with van der Waals surface area (Å²) in [5.41, 5.74) is 3.35. The van der Waals surface area contributed by atoms with Crippen molar-refractivity contribution in [3.05, 3.63) is 29.8 Å². The summed E-state index contributed by atoms with van der Waals surface area (Å²) >= 11 is 0. The van der Waals surface area contributed by atoms with E-state index < -0.39 is 5.97 Å². The summed E-state index contributed by atoms with van der Waals surface area (Å²) in [5.74, 6) is -0.967. The fourth-order valence-corrected chi connectivity index (χ4v) is 1.01. The molecule has 4 heteroatoms. The maximum Gasteiger partial charge on any atom is 0.337 e. The number of hydrogen-bond donors (Lipinski definition) is 2. The van der Waals surface area contributed by atoms with Crippen LogP contribution in [0.1, 0.15) is 30.6 Å². The van der Waals surface area contributed by atoms with Crippen molar-refractivity contribution in [3.8, 4) is 0 Å². The second-order valence-electron chi connectivity index (χ2n) is 3.29. The maximum atomic E-state index is 10.8. The SMILES string of the molecule is CCC(C)ONc1ccccc1C(=O)O. The lowest BCUT2D eigenvalue weighted by molar-refractivity contribution is 0.0693. The van der Waals surface area contributed by atoms with E-state index in [-0.39, 0.29) is 11.7 Å². The number of hydrogen-bond acceptors (Lipinski definition) is 3. The van der Waals surface area contributed by atoms with Crippen molar-refractivity contribution in [2.24, 2.45) is 0 Å². The number of carboxylic acid groups (broad SMARTS) is 1. The zero-order valence-corrected chi connectivity index (χ0v) is 8.86. The molecular formula is C11H15NO3. The van der Waals surface area contributed by atoms with E-state index in [0.717, 1.165) is 6.42 Å².